The molecule has 0 saturated carbocycles. The maximum atomic E-state index is 10.3. The Labute approximate surface area is 135 Å². The van der Waals surface area contributed by atoms with Gasteiger partial charge in [-0.1, -0.05) is 20.3 Å². The number of aliphatic hydroxyl groups is 1. The Balaban J connectivity index is 0.00000361. The van der Waals surface area contributed by atoms with Gasteiger partial charge in [0.05, 0.1) is 30.8 Å². The Morgan fingerprint density at radius 2 is 1.80 bits per heavy atom. The molecule has 1 aromatic carbocycles. The van der Waals surface area contributed by atoms with Crippen LogP contribution in [0.25, 0.3) is 0 Å². The Bertz CT molecular complexity index is 431. The van der Waals surface area contributed by atoms with Crippen molar-refractivity contribution in [1.82, 2.24) is 0 Å². The molecule has 3 atom stereocenters. The van der Waals surface area contributed by atoms with Gasteiger partial charge in [0.2, 0.25) is 0 Å². The first kappa shape index (κ1) is 19.5. The van der Waals surface area contributed by atoms with Gasteiger partial charge < -0.3 is 20.3 Å². The fourth-order valence-corrected chi connectivity index (χ4v) is 2.41. The molecule has 0 radical (unpaired) electrons. The van der Waals surface area contributed by atoms with Crippen LogP contribution in [0.15, 0.2) is 16.6 Å². The maximum absolute atomic E-state index is 10.3. The number of rotatable bonds is 6. The van der Waals surface area contributed by atoms with E-state index < -0.39 is 12.1 Å². The molecule has 0 amide bonds. The Morgan fingerprint density at radius 3 is 2.25 bits per heavy atom. The van der Waals surface area contributed by atoms with Gasteiger partial charge in [-0.05, 0) is 34.0 Å². The number of hydrogen-bond donors (Lipinski definition) is 2. The molecule has 1 unspecified atom stereocenters. The topological polar surface area (TPSA) is 64.7 Å². The first-order valence-corrected chi connectivity index (χ1v) is 7.10. The molecule has 1 aromatic rings. The number of hydrogen-bond acceptors (Lipinski definition) is 4. The van der Waals surface area contributed by atoms with Gasteiger partial charge in [0.15, 0.2) is 0 Å². The molecule has 0 aliphatic carbocycles. The van der Waals surface area contributed by atoms with Crippen molar-refractivity contribution in [2.45, 2.75) is 32.4 Å². The summed E-state index contributed by atoms with van der Waals surface area (Å²) in [6, 6.07) is 3.10. The number of aliphatic hydroxyl groups excluding tert-OH is 1. The summed E-state index contributed by atoms with van der Waals surface area (Å²) in [6.45, 7) is 4.01. The molecule has 0 aromatic heterocycles. The van der Waals surface area contributed by atoms with Gasteiger partial charge in [-0.25, -0.2) is 0 Å². The zero-order valence-corrected chi connectivity index (χ0v) is 14.6. The van der Waals surface area contributed by atoms with Crippen LogP contribution >= 0.6 is 28.3 Å². The zero-order valence-electron chi connectivity index (χ0n) is 12.2. The molecule has 0 aliphatic heterocycles. The van der Waals surface area contributed by atoms with Gasteiger partial charge >= 0.3 is 0 Å². The van der Waals surface area contributed by atoms with Crippen molar-refractivity contribution in [3.05, 3.63) is 22.2 Å². The molecule has 4 nitrogen and oxygen atoms in total. The third-order valence-electron chi connectivity index (χ3n) is 3.46. The van der Waals surface area contributed by atoms with Gasteiger partial charge in [0.25, 0.3) is 0 Å². The van der Waals surface area contributed by atoms with Crippen molar-refractivity contribution in [3.8, 4) is 11.5 Å². The van der Waals surface area contributed by atoms with Gasteiger partial charge in [0, 0.05) is 5.56 Å². The van der Waals surface area contributed by atoms with E-state index in [1.165, 1.54) is 0 Å². The van der Waals surface area contributed by atoms with Crippen LogP contribution in [0.1, 0.15) is 31.9 Å². The van der Waals surface area contributed by atoms with Crippen molar-refractivity contribution in [3.63, 3.8) is 0 Å². The van der Waals surface area contributed by atoms with Crippen molar-refractivity contribution in [2.24, 2.45) is 11.7 Å². The number of halogens is 2. The van der Waals surface area contributed by atoms with E-state index in [9.17, 15) is 5.11 Å². The van der Waals surface area contributed by atoms with Crippen LogP contribution in [0.2, 0.25) is 0 Å². The first-order chi connectivity index (χ1) is 8.96. The van der Waals surface area contributed by atoms with Crippen LogP contribution < -0.4 is 15.2 Å². The van der Waals surface area contributed by atoms with E-state index in [-0.39, 0.29) is 18.3 Å². The highest BCUT2D eigenvalue weighted by molar-refractivity contribution is 9.10. The number of nitrogens with two attached hydrogens (primary N) is 1. The average Bonchev–Trinajstić information content (AvgIpc) is 2.44. The quantitative estimate of drug-likeness (QED) is 0.808. The molecule has 1 rings (SSSR count). The predicted molar refractivity (Wildman–Crippen MR) is 86.9 cm³/mol. The molecule has 0 saturated heterocycles. The second-order valence-electron chi connectivity index (χ2n) is 4.63. The normalized spacial score (nSPS) is 14.9. The molecule has 0 fully saturated rings. The monoisotopic (exact) mass is 367 g/mol. The Hall–Kier alpha value is -0.490. The third kappa shape index (κ3) is 4.25. The summed E-state index contributed by atoms with van der Waals surface area (Å²) in [5, 5.41) is 10.3. The second-order valence-corrected chi connectivity index (χ2v) is 5.48. The lowest BCUT2D eigenvalue weighted by Gasteiger charge is -2.26. The summed E-state index contributed by atoms with van der Waals surface area (Å²) in [6.07, 6.45) is 0.245. The first-order valence-electron chi connectivity index (χ1n) is 6.31. The van der Waals surface area contributed by atoms with Crippen molar-refractivity contribution in [1.29, 1.82) is 0 Å². The fraction of sp³-hybridized carbons (Fsp3) is 0.571. The smallest absolute Gasteiger partial charge is 0.133 e. The number of benzene rings is 1. The SMILES string of the molecule is CCC(C)[C@@H](O)[C@@H](N)c1cc(OC)c(Br)cc1OC.Cl. The summed E-state index contributed by atoms with van der Waals surface area (Å²) < 4.78 is 11.4. The van der Waals surface area contributed by atoms with E-state index in [0.29, 0.717) is 11.5 Å². The Kier molecular flexibility index (Phi) is 8.51. The van der Waals surface area contributed by atoms with Crippen LogP contribution in [-0.2, 0) is 0 Å². The molecule has 6 heteroatoms. The molecule has 116 valence electrons. The largest absolute Gasteiger partial charge is 0.496 e. The van der Waals surface area contributed by atoms with Crippen LogP contribution in [0, 0.1) is 5.92 Å². The van der Waals surface area contributed by atoms with Gasteiger partial charge in [-0.2, -0.15) is 0 Å². The van der Waals surface area contributed by atoms with Crippen molar-refractivity contribution < 1.29 is 14.6 Å². The highest BCUT2D eigenvalue weighted by Crippen LogP contribution is 2.37. The highest BCUT2D eigenvalue weighted by Gasteiger charge is 2.25. The summed E-state index contributed by atoms with van der Waals surface area (Å²) in [4.78, 5) is 0. The summed E-state index contributed by atoms with van der Waals surface area (Å²) >= 11 is 3.40. The van der Waals surface area contributed by atoms with E-state index >= 15 is 0 Å². The van der Waals surface area contributed by atoms with E-state index in [0.717, 1.165) is 16.5 Å². The van der Waals surface area contributed by atoms with E-state index in [4.69, 9.17) is 15.2 Å². The molecule has 0 aliphatic rings. The molecular formula is C14H23BrClNO3. The Morgan fingerprint density at radius 1 is 1.25 bits per heavy atom. The van der Waals surface area contributed by atoms with Crippen LogP contribution in [-0.4, -0.2) is 25.4 Å². The third-order valence-corrected chi connectivity index (χ3v) is 4.08. The molecule has 3 N–H and O–H groups in total. The summed E-state index contributed by atoms with van der Waals surface area (Å²) in [7, 11) is 3.17. The molecular weight excluding hydrogens is 346 g/mol. The van der Waals surface area contributed by atoms with Crippen molar-refractivity contribution >= 4 is 28.3 Å². The lowest BCUT2D eigenvalue weighted by atomic mass is 9.91. The van der Waals surface area contributed by atoms with E-state index in [1.54, 1.807) is 26.4 Å². The zero-order chi connectivity index (χ0) is 14.6. The second kappa shape index (κ2) is 8.72. The standard InChI is InChI=1S/C14H22BrNO3.ClH/c1-5-8(2)14(17)13(16)9-6-12(19-4)10(15)7-11(9)18-3;/h6-8,13-14,17H,5,16H2,1-4H3;1H/t8?,13-,14+;/m0./s1. The predicted octanol–water partition coefficient (Wildman–Crippen LogP) is 3.29. The van der Waals surface area contributed by atoms with Gasteiger partial charge in [-0.3, -0.25) is 0 Å². The number of ether oxygens (including phenoxy) is 2. The minimum Gasteiger partial charge on any atom is -0.496 e. The van der Waals surface area contributed by atoms with E-state index in [1.807, 2.05) is 13.8 Å². The molecule has 20 heavy (non-hydrogen) atoms. The number of methoxy groups -OCH3 is 2. The van der Waals surface area contributed by atoms with Crippen LogP contribution in [0.5, 0.6) is 11.5 Å². The van der Waals surface area contributed by atoms with Crippen LogP contribution in [0.3, 0.4) is 0 Å². The maximum Gasteiger partial charge on any atom is 0.133 e. The molecule has 0 spiro atoms. The summed E-state index contributed by atoms with van der Waals surface area (Å²) in [5.74, 6) is 1.43. The fourth-order valence-electron chi connectivity index (χ4n) is 1.92. The minimum absolute atomic E-state index is 0. The van der Waals surface area contributed by atoms with Crippen molar-refractivity contribution in [2.75, 3.05) is 14.2 Å². The summed E-state index contributed by atoms with van der Waals surface area (Å²) in [5.41, 5.74) is 6.91. The lowest BCUT2D eigenvalue weighted by molar-refractivity contribution is 0.0870. The average molecular weight is 369 g/mol. The highest BCUT2D eigenvalue weighted by atomic mass is 79.9. The van der Waals surface area contributed by atoms with Crippen LogP contribution in [0.4, 0.5) is 0 Å². The lowest BCUT2D eigenvalue weighted by Crippen LogP contribution is -2.31. The molecule has 0 bridgehead atoms. The van der Waals surface area contributed by atoms with Gasteiger partial charge in [-0.15, -0.1) is 12.4 Å². The van der Waals surface area contributed by atoms with Gasteiger partial charge in [0.1, 0.15) is 11.5 Å². The van der Waals surface area contributed by atoms with E-state index in [2.05, 4.69) is 15.9 Å². The minimum atomic E-state index is -0.621. The molecule has 0 heterocycles.